The van der Waals surface area contributed by atoms with Gasteiger partial charge >= 0.3 is 6.18 Å². The highest BCUT2D eigenvalue weighted by atomic mass is 35.5. The van der Waals surface area contributed by atoms with Crippen molar-refractivity contribution in [2.45, 2.75) is 24.8 Å². The molecule has 0 aromatic heterocycles. The van der Waals surface area contributed by atoms with Gasteiger partial charge in [-0.3, -0.25) is 14.6 Å². The summed E-state index contributed by atoms with van der Waals surface area (Å²) in [7, 11) is 1.30. The van der Waals surface area contributed by atoms with Crippen LogP contribution < -0.4 is 15.8 Å². The van der Waals surface area contributed by atoms with E-state index in [9.17, 15) is 32.3 Å². The van der Waals surface area contributed by atoms with E-state index in [-0.39, 0.29) is 34.2 Å². The lowest BCUT2D eigenvalue weighted by Gasteiger charge is -2.37. The van der Waals surface area contributed by atoms with Gasteiger partial charge in [0.15, 0.2) is 0 Å². The number of rotatable bonds is 7. The van der Waals surface area contributed by atoms with Gasteiger partial charge in [-0.05, 0) is 42.8 Å². The molecule has 4 atom stereocenters. The van der Waals surface area contributed by atoms with Gasteiger partial charge in [0, 0.05) is 11.5 Å². The minimum Gasteiger partial charge on any atom is -0.495 e. The van der Waals surface area contributed by atoms with E-state index in [2.05, 4.69) is 10.3 Å². The van der Waals surface area contributed by atoms with Gasteiger partial charge < -0.3 is 25.6 Å². The van der Waals surface area contributed by atoms with Gasteiger partial charge in [-0.2, -0.15) is 13.2 Å². The Morgan fingerprint density at radius 3 is 2.51 bits per heavy atom. The molecule has 0 radical (unpaired) electrons. The van der Waals surface area contributed by atoms with E-state index in [0.29, 0.717) is 0 Å². The van der Waals surface area contributed by atoms with Crippen LogP contribution >= 0.6 is 11.6 Å². The minimum atomic E-state index is -5.32. The summed E-state index contributed by atoms with van der Waals surface area (Å²) >= 11 is 5.94. The molecule has 2 heterocycles. The number of nitrogens with two attached hydrogens (primary N) is 1. The molecule has 208 valence electrons. The summed E-state index contributed by atoms with van der Waals surface area (Å²) in [5.41, 5.74) is -0.324. The number of halogens is 5. The highest BCUT2D eigenvalue weighted by molar-refractivity contribution is 6.32. The Labute approximate surface area is 225 Å². The molecule has 4 rings (SSSR count). The van der Waals surface area contributed by atoms with E-state index in [1.165, 1.54) is 44.4 Å². The Hall–Kier alpha value is -3.48. The zero-order chi connectivity index (χ0) is 28.8. The summed E-state index contributed by atoms with van der Waals surface area (Å²) in [6.45, 7) is -0.108. The summed E-state index contributed by atoms with van der Waals surface area (Å²) < 4.78 is 67.7. The number of carbonyl (C=O) groups is 2. The number of methoxy groups -OCH3 is 1. The SMILES string of the molecule is COc1cc(C(=O)NC[C@](O)(C2=CC3C(OC[C@]3(C)C(N)=O)C(c3ccc(F)cc3)=N2)C(F)(F)F)ccc1Cl. The van der Waals surface area contributed by atoms with E-state index >= 15 is 0 Å². The summed E-state index contributed by atoms with van der Waals surface area (Å²) in [6, 6.07) is 8.59. The smallest absolute Gasteiger partial charge is 0.424 e. The first kappa shape index (κ1) is 28.5. The second-order valence-corrected chi connectivity index (χ2v) is 9.89. The molecular formula is C26H24ClF4N3O5. The number of nitrogens with zero attached hydrogens (tertiary/aromatic N) is 1. The number of hydrogen-bond acceptors (Lipinski definition) is 6. The molecule has 0 spiro atoms. The van der Waals surface area contributed by atoms with Crippen LogP contribution in [0.15, 0.2) is 59.2 Å². The molecule has 0 bridgehead atoms. The lowest BCUT2D eigenvalue weighted by molar-refractivity contribution is -0.241. The number of primary amides is 1. The molecule has 2 aliphatic rings. The molecule has 0 saturated carbocycles. The van der Waals surface area contributed by atoms with Crippen molar-refractivity contribution in [2.75, 3.05) is 20.3 Å². The van der Waals surface area contributed by atoms with E-state index in [1.807, 2.05) is 0 Å². The van der Waals surface area contributed by atoms with Crippen LogP contribution in [0.25, 0.3) is 0 Å². The number of alkyl halides is 3. The Bertz CT molecular complexity index is 1360. The number of aliphatic hydroxyl groups is 1. The van der Waals surface area contributed by atoms with Crippen molar-refractivity contribution < 1.29 is 41.7 Å². The van der Waals surface area contributed by atoms with Gasteiger partial charge in [0.2, 0.25) is 11.5 Å². The third-order valence-electron chi connectivity index (χ3n) is 6.99. The molecular weight excluding hydrogens is 546 g/mol. The number of amides is 2. The molecule has 2 aliphatic heterocycles. The van der Waals surface area contributed by atoms with Crippen molar-refractivity contribution in [1.82, 2.24) is 5.32 Å². The van der Waals surface area contributed by atoms with Crippen LogP contribution in [-0.4, -0.2) is 60.8 Å². The molecule has 2 unspecified atom stereocenters. The number of nitrogens with one attached hydrogen (secondary N) is 1. The maximum absolute atomic E-state index is 14.5. The Morgan fingerprint density at radius 1 is 1.26 bits per heavy atom. The maximum atomic E-state index is 14.5. The van der Waals surface area contributed by atoms with Crippen molar-refractivity contribution in [3.63, 3.8) is 0 Å². The zero-order valence-corrected chi connectivity index (χ0v) is 21.4. The predicted molar refractivity (Wildman–Crippen MR) is 133 cm³/mol. The Morgan fingerprint density at radius 2 is 1.92 bits per heavy atom. The van der Waals surface area contributed by atoms with Crippen LogP contribution in [0, 0.1) is 17.2 Å². The normalized spacial score (nSPS) is 24.2. The van der Waals surface area contributed by atoms with Crippen molar-refractivity contribution in [1.29, 1.82) is 0 Å². The molecule has 2 amide bonds. The number of ether oxygens (including phenoxy) is 2. The number of aliphatic imine (C=N–C) groups is 1. The zero-order valence-electron chi connectivity index (χ0n) is 20.7. The quantitative estimate of drug-likeness (QED) is 0.441. The molecule has 2 aromatic rings. The molecule has 0 aliphatic carbocycles. The fourth-order valence-electron chi connectivity index (χ4n) is 4.48. The first-order valence-electron chi connectivity index (χ1n) is 11.6. The number of fused-ring (bicyclic) bond motifs is 1. The molecule has 8 nitrogen and oxygen atoms in total. The topological polar surface area (TPSA) is 123 Å². The summed E-state index contributed by atoms with van der Waals surface area (Å²) in [5, 5.41) is 13.3. The second-order valence-electron chi connectivity index (χ2n) is 9.48. The van der Waals surface area contributed by atoms with Gasteiger partial charge in [-0.1, -0.05) is 29.8 Å². The third-order valence-corrected chi connectivity index (χ3v) is 7.30. The van der Waals surface area contributed by atoms with Crippen LogP contribution in [0.1, 0.15) is 22.8 Å². The van der Waals surface area contributed by atoms with E-state index in [4.69, 9.17) is 26.8 Å². The van der Waals surface area contributed by atoms with E-state index in [0.717, 1.165) is 18.2 Å². The molecule has 4 N–H and O–H groups in total. The fourth-order valence-corrected chi connectivity index (χ4v) is 4.68. The predicted octanol–water partition coefficient (Wildman–Crippen LogP) is 3.40. The van der Waals surface area contributed by atoms with E-state index < -0.39 is 59.1 Å². The molecule has 13 heteroatoms. The van der Waals surface area contributed by atoms with Crippen molar-refractivity contribution in [3.05, 3.63) is 76.2 Å². The Kier molecular flexibility index (Phi) is 7.50. The van der Waals surface area contributed by atoms with Gasteiger partial charge in [-0.15, -0.1) is 0 Å². The minimum absolute atomic E-state index is 0.0566. The highest BCUT2D eigenvalue weighted by Gasteiger charge is 2.60. The molecule has 39 heavy (non-hydrogen) atoms. The standard InChI is InChI=1S/C26H24ClF4N3O5/c1-24(23(32)36)12-39-21-16(24)10-19(34-20(21)13-3-6-15(28)7-4-13)25(37,26(29,30)31)11-33-22(35)14-5-8-17(27)18(9-14)38-2/h3-10,16,21,37H,11-12H2,1-2H3,(H2,32,36)(H,33,35)/t16?,21?,24-,25-/m0/s1. The van der Waals surface area contributed by atoms with Crippen molar-refractivity contribution in [2.24, 2.45) is 22.1 Å². The van der Waals surface area contributed by atoms with E-state index in [1.54, 1.807) is 0 Å². The van der Waals surface area contributed by atoms with Gasteiger partial charge in [0.25, 0.3) is 5.91 Å². The number of benzene rings is 2. The fraction of sp³-hybridized carbons (Fsp3) is 0.346. The lowest BCUT2D eigenvalue weighted by Crippen LogP contribution is -2.56. The maximum Gasteiger partial charge on any atom is 0.424 e. The van der Waals surface area contributed by atoms with Crippen molar-refractivity contribution >= 4 is 29.1 Å². The molecule has 1 saturated heterocycles. The first-order chi connectivity index (χ1) is 18.2. The van der Waals surface area contributed by atoms with Crippen LogP contribution in [0.3, 0.4) is 0 Å². The largest absolute Gasteiger partial charge is 0.495 e. The second kappa shape index (κ2) is 10.2. The van der Waals surface area contributed by atoms with Gasteiger partial charge in [0.05, 0.1) is 42.1 Å². The van der Waals surface area contributed by atoms with Crippen LogP contribution in [0.4, 0.5) is 17.6 Å². The first-order valence-corrected chi connectivity index (χ1v) is 12.0. The van der Waals surface area contributed by atoms with Crippen LogP contribution in [0.2, 0.25) is 5.02 Å². The van der Waals surface area contributed by atoms with Gasteiger partial charge in [-0.25, -0.2) is 4.39 Å². The summed E-state index contributed by atoms with van der Waals surface area (Å²) in [4.78, 5) is 29.1. The number of carbonyl (C=O) groups excluding carboxylic acids is 2. The highest BCUT2D eigenvalue weighted by Crippen LogP contribution is 2.47. The summed E-state index contributed by atoms with van der Waals surface area (Å²) in [5.74, 6) is -3.29. The Balaban J connectivity index is 1.76. The van der Waals surface area contributed by atoms with Crippen LogP contribution in [-0.2, 0) is 9.53 Å². The monoisotopic (exact) mass is 569 g/mol. The molecule has 2 aromatic carbocycles. The van der Waals surface area contributed by atoms with Crippen molar-refractivity contribution in [3.8, 4) is 5.75 Å². The third kappa shape index (κ3) is 5.11. The summed E-state index contributed by atoms with van der Waals surface area (Å²) in [6.07, 6.45) is -5.32. The average molecular weight is 570 g/mol. The number of hydrogen-bond donors (Lipinski definition) is 3. The average Bonchev–Trinajstić information content (AvgIpc) is 3.24. The molecule has 1 fully saturated rings. The van der Waals surface area contributed by atoms with Crippen LogP contribution in [0.5, 0.6) is 5.75 Å². The lowest BCUT2D eigenvalue weighted by atomic mass is 9.72. The van der Waals surface area contributed by atoms with Gasteiger partial charge in [0.1, 0.15) is 17.7 Å².